The molecule has 1 aliphatic carbocycles. The van der Waals surface area contributed by atoms with Crippen molar-refractivity contribution >= 4 is 29.0 Å². The van der Waals surface area contributed by atoms with E-state index in [-0.39, 0.29) is 30.1 Å². The number of amides is 1. The Morgan fingerprint density at radius 3 is 2.91 bits per heavy atom. The number of fused-ring (bicyclic) bond motifs is 1. The van der Waals surface area contributed by atoms with Crippen molar-refractivity contribution in [2.24, 2.45) is 4.99 Å². The van der Waals surface area contributed by atoms with Gasteiger partial charge in [-0.05, 0) is 43.9 Å². The van der Waals surface area contributed by atoms with Crippen LogP contribution < -0.4 is 21.7 Å². The molecule has 5 N–H and O–H groups in total. The van der Waals surface area contributed by atoms with Gasteiger partial charge in [-0.3, -0.25) is 14.8 Å². The van der Waals surface area contributed by atoms with E-state index in [9.17, 15) is 14.7 Å². The first kappa shape index (κ1) is 22.0. The van der Waals surface area contributed by atoms with E-state index < -0.39 is 5.69 Å². The molecule has 12 heteroatoms. The smallest absolute Gasteiger partial charge is 0.326 e. The first-order valence-corrected chi connectivity index (χ1v) is 11.8. The topological polar surface area (TPSA) is 161 Å². The Morgan fingerprint density at radius 1 is 1.32 bits per heavy atom. The molecular weight excluding hydrogens is 458 g/mol. The molecule has 0 bridgehead atoms. The molecule has 4 heterocycles. The fourth-order valence-electron chi connectivity index (χ4n) is 3.45. The van der Waals surface area contributed by atoms with Crippen molar-refractivity contribution in [3.8, 4) is 16.5 Å². The lowest BCUT2D eigenvalue weighted by Crippen LogP contribution is -2.23. The van der Waals surface area contributed by atoms with Gasteiger partial charge in [0.2, 0.25) is 5.88 Å². The van der Waals surface area contributed by atoms with Crippen LogP contribution >= 0.6 is 11.3 Å². The number of unbranched alkanes of at least 4 members (excludes halogenated alkanes) is 1. The summed E-state index contributed by atoms with van der Waals surface area (Å²) in [5.74, 6) is -0.431. The number of H-pyrrole nitrogens is 2. The van der Waals surface area contributed by atoms with E-state index in [0.29, 0.717) is 46.3 Å². The molecule has 176 valence electrons. The molecule has 0 spiro atoms. The third-order valence-electron chi connectivity index (χ3n) is 5.33. The standard InChI is InChI=1S/C22H23N7O4S/c30-8-2-1-7-23-21(32)17-6-5-16(34-17)14-10-18(25-13-3-4-13)29-19(26-14)12(11-24-29)9-15-20(31)28-22(33)27-15/h5-6,9-11,13,30-31H,1-4,7-8H2,(H,23,32)(H2,27,28,33)/b12-9-,25-18?. The summed E-state index contributed by atoms with van der Waals surface area (Å²) in [6.07, 6.45) is 6.60. The molecule has 34 heavy (non-hydrogen) atoms. The molecule has 0 aliphatic heterocycles. The first-order valence-electron chi connectivity index (χ1n) is 11.0. The predicted molar refractivity (Wildman–Crippen MR) is 125 cm³/mol. The Balaban J connectivity index is 1.55. The third kappa shape index (κ3) is 4.63. The van der Waals surface area contributed by atoms with Gasteiger partial charge in [-0.1, -0.05) is 0 Å². The molecule has 1 saturated carbocycles. The zero-order valence-corrected chi connectivity index (χ0v) is 18.9. The van der Waals surface area contributed by atoms with E-state index in [4.69, 9.17) is 15.1 Å². The SMILES string of the molecule is O=C(NCCCCO)c1ccc(-c2cc(=NC3CC3)n3nc/c(=C/c4[nH]c(=O)[nH]c4O)c3n2)s1. The van der Waals surface area contributed by atoms with Crippen LogP contribution in [0.15, 0.2) is 34.2 Å². The largest absolute Gasteiger partial charge is 0.493 e. The predicted octanol–water partition coefficient (Wildman–Crippen LogP) is 0.293. The summed E-state index contributed by atoms with van der Waals surface area (Å²) < 4.78 is 1.64. The van der Waals surface area contributed by atoms with E-state index in [2.05, 4.69) is 20.4 Å². The van der Waals surface area contributed by atoms with Crippen LogP contribution in [0.25, 0.3) is 22.3 Å². The van der Waals surface area contributed by atoms with Gasteiger partial charge in [-0.2, -0.15) is 9.61 Å². The molecule has 5 rings (SSSR count). The molecule has 0 unspecified atom stereocenters. The second kappa shape index (κ2) is 9.23. The number of aromatic amines is 2. The number of aromatic hydroxyl groups is 1. The number of carbonyl (C=O) groups excluding carboxylic acids is 1. The number of hydrogen-bond acceptors (Lipinski definition) is 8. The van der Waals surface area contributed by atoms with E-state index in [1.54, 1.807) is 22.9 Å². The highest BCUT2D eigenvalue weighted by Crippen LogP contribution is 2.27. The van der Waals surface area contributed by atoms with E-state index in [1.807, 2.05) is 12.1 Å². The Bertz CT molecular complexity index is 1530. The minimum Gasteiger partial charge on any atom is -0.493 e. The van der Waals surface area contributed by atoms with Gasteiger partial charge in [-0.25, -0.2) is 9.78 Å². The van der Waals surface area contributed by atoms with Crippen LogP contribution in [0, 0.1) is 0 Å². The summed E-state index contributed by atoms with van der Waals surface area (Å²) in [6.45, 7) is 0.611. The number of nitrogens with one attached hydrogen (secondary N) is 3. The molecule has 0 saturated heterocycles. The van der Waals surface area contributed by atoms with Crippen LogP contribution in [0.2, 0.25) is 0 Å². The van der Waals surface area contributed by atoms with E-state index >= 15 is 0 Å². The summed E-state index contributed by atoms with van der Waals surface area (Å²) in [5.41, 5.74) is 1.53. The molecule has 0 aromatic carbocycles. The minimum absolute atomic E-state index is 0.106. The second-order valence-electron chi connectivity index (χ2n) is 8.03. The van der Waals surface area contributed by atoms with Crippen molar-refractivity contribution in [3.05, 3.63) is 56.2 Å². The summed E-state index contributed by atoms with van der Waals surface area (Å²) in [4.78, 5) is 39.7. The molecule has 0 atom stereocenters. The lowest BCUT2D eigenvalue weighted by Gasteiger charge is -2.02. The maximum absolute atomic E-state index is 12.5. The summed E-state index contributed by atoms with van der Waals surface area (Å²) in [7, 11) is 0. The van der Waals surface area contributed by atoms with Crippen molar-refractivity contribution in [2.75, 3.05) is 13.2 Å². The zero-order chi connectivity index (χ0) is 23.7. The number of rotatable bonds is 8. The van der Waals surface area contributed by atoms with Crippen molar-refractivity contribution < 1.29 is 15.0 Å². The summed E-state index contributed by atoms with van der Waals surface area (Å²) in [5, 5.41) is 26.7. The summed E-state index contributed by atoms with van der Waals surface area (Å²) >= 11 is 1.33. The highest BCUT2D eigenvalue weighted by Gasteiger charge is 2.21. The minimum atomic E-state index is -0.515. The van der Waals surface area contributed by atoms with Crippen LogP contribution in [-0.4, -0.2) is 59.9 Å². The second-order valence-corrected chi connectivity index (χ2v) is 9.12. The van der Waals surface area contributed by atoms with Crippen molar-refractivity contribution in [2.45, 2.75) is 31.7 Å². The lowest BCUT2D eigenvalue weighted by molar-refractivity contribution is 0.0956. The van der Waals surface area contributed by atoms with Crippen molar-refractivity contribution in [1.82, 2.24) is 29.9 Å². The van der Waals surface area contributed by atoms with Gasteiger partial charge in [0.05, 0.1) is 27.7 Å². The Hall–Kier alpha value is -3.77. The van der Waals surface area contributed by atoms with E-state index in [1.165, 1.54) is 11.3 Å². The highest BCUT2D eigenvalue weighted by molar-refractivity contribution is 7.17. The van der Waals surface area contributed by atoms with Gasteiger partial charge < -0.3 is 20.5 Å². The van der Waals surface area contributed by atoms with Crippen LogP contribution in [0.4, 0.5) is 0 Å². The van der Waals surface area contributed by atoms with Gasteiger partial charge in [0, 0.05) is 24.4 Å². The number of aliphatic hydroxyl groups excluding tert-OH is 1. The number of nitrogens with zero attached hydrogens (tertiary/aromatic N) is 4. The van der Waals surface area contributed by atoms with Gasteiger partial charge in [0.25, 0.3) is 5.91 Å². The average molecular weight is 482 g/mol. The third-order valence-corrected chi connectivity index (χ3v) is 6.44. The van der Waals surface area contributed by atoms with Crippen LogP contribution in [0.1, 0.15) is 41.0 Å². The molecule has 1 aliphatic rings. The van der Waals surface area contributed by atoms with Crippen LogP contribution in [-0.2, 0) is 0 Å². The first-order chi connectivity index (χ1) is 16.5. The quantitative estimate of drug-likeness (QED) is 0.227. The number of imidazole rings is 1. The highest BCUT2D eigenvalue weighted by atomic mass is 32.1. The normalized spacial score (nSPS) is 14.9. The number of aromatic nitrogens is 5. The number of thiophene rings is 1. The molecule has 4 aromatic heterocycles. The van der Waals surface area contributed by atoms with E-state index in [0.717, 1.165) is 17.7 Å². The molecule has 4 aromatic rings. The average Bonchev–Trinajstić information content (AvgIpc) is 3.19. The van der Waals surface area contributed by atoms with Crippen molar-refractivity contribution in [1.29, 1.82) is 0 Å². The van der Waals surface area contributed by atoms with Gasteiger partial charge in [-0.15, -0.1) is 11.3 Å². The monoisotopic (exact) mass is 481 g/mol. The molecule has 1 amide bonds. The van der Waals surface area contributed by atoms with Crippen LogP contribution in [0.5, 0.6) is 5.88 Å². The van der Waals surface area contributed by atoms with Gasteiger partial charge in [0.15, 0.2) is 11.1 Å². The Kier molecular flexibility index (Phi) is 5.99. The molecule has 11 nitrogen and oxygen atoms in total. The lowest BCUT2D eigenvalue weighted by atomic mass is 10.3. The van der Waals surface area contributed by atoms with Gasteiger partial charge in [0.1, 0.15) is 5.69 Å². The number of aliphatic hydroxyl groups is 1. The molecule has 1 fully saturated rings. The van der Waals surface area contributed by atoms with Crippen LogP contribution in [0.3, 0.4) is 0 Å². The maximum Gasteiger partial charge on any atom is 0.326 e. The Morgan fingerprint density at radius 2 is 2.18 bits per heavy atom. The fourth-order valence-corrected chi connectivity index (χ4v) is 4.33. The molecule has 0 radical (unpaired) electrons. The molecular formula is C22H23N7O4S. The Labute approximate surface area is 196 Å². The zero-order valence-electron chi connectivity index (χ0n) is 18.1. The fraction of sp³-hybridized carbons (Fsp3) is 0.318. The number of carbonyl (C=O) groups is 1. The maximum atomic E-state index is 12.5. The number of hydrogen-bond donors (Lipinski definition) is 5. The summed E-state index contributed by atoms with van der Waals surface area (Å²) in [6, 6.07) is 5.72. The van der Waals surface area contributed by atoms with Gasteiger partial charge >= 0.3 is 5.69 Å². The van der Waals surface area contributed by atoms with Crippen molar-refractivity contribution in [3.63, 3.8) is 0 Å².